The average Bonchev–Trinajstić information content (AvgIpc) is 2.93. The molecule has 0 aliphatic heterocycles. The highest BCUT2D eigenvalue weighted by molar-refractivity contribution is 7.92. The van der Waals surface area contributed by atoms with E-state index >= 15 is 0 Å². The van der Waals surface area contributed by atoms with Gasteiger partial charge in [-0.3, -0.25) is 13.9 Å². The number of carbonyl (C=O) groups is 2. The minimum Gasteiger partial charge on any atom is -0.497 e. The Morgan fingerprint density at radius 3 is 2.23 bits per heavy atom. The summed E-state index contributed by atoms with van der Waals surface area (Å²) in [6, 6.07) is 21.5. The molecule has 0 radical (unpaired) electrons. The quantitative estimate of drug-likeness (QED) is 0.361. The molecule has 0 fully saturated rings. The number of benzene rings is 3. The van der Waals surface area contributed by atoms with Crippen molar-refractivity contribution >= 4 is 27.5 Å². The fraction of sp³-hybridized carbons (Fsp3) is 0.355. The number of hydrogen-bond acceptors (Lipinski definition) is 5. The molecule has 40 heavy (non-hydrogen) atoms. The second-order valence-electron chi connectivity index (χ2n) is 10.6. The Labute approximate surface area is 238 Å². The largest absolute Gasteiger partial charge is 0.497 e. The Morgan fingerprint density at radius 1 is 0.950 bits per heavy atom. The minimum absolute atomic E-state index is 0.0755. The van der Waals surface area contributed by atoms with Crippen LogP contribution in [0.4, 0.5) is 5.69 Å². The average molecular weight is 566 g/mol. The summed E-state index contributed by atoms with van der Waals surface area (Å²) in [7, 11) is -2.55. The second-order valence-corrected chi connectivity index (χ2v) is 12.5. The Hall–Kier alpha value is -3.85. The standard InChI is InChI=1S/C31H39N3O5S/c1-7-25-15-11-12-19-28(25)34(40(37,38)27-17-9-8-10-18-27)22-29(35)33(23(2)30(36)32-31(3,4)5)21-24-14-13-16-26(20-24)39-6/h8-20,23H,7,21-22H2,1-6H3,(H,32,36). The van der Waals surface area contributed by atoms with E-state index in [9.17, 15) is 18.0 Å². The number of carbonyl (C=O) groups excluding carboxylic acids is 2. The number of hydrogen-bond donors (Lipinski definition) is 1. The van der Waals surface area contributed by atoms with Gasteiger partial charge < -0.3 is 15.0 Å². The summed E-state index contributed by atoms with van der Waals surface area (Å²) in [4.78, 5) is 28.8. The molecule has 0 saturated carbocycles. The number of rotatable bonds is 11. The monoisotopic (exact) mass is 565 g/mol. The van der Waals surface area contributed by atoms with E-state index in [1.54, 1.807) is 62.6 Å². The van der Waals surface area contributed by atoms with Crippen molar-refractivity contribution in [2.75, 3.05) is 18.0 Å². The lowest BCUT2D eigenvalue weighted by Gasteiger charge is -2.34. The van der Waals surface area contributed by atoms with Gasteiger partial charge in [0.25, 0.3) is 10.0 Å². The molecule has 0 aliphatic carbocycles. The minimum atomic E-state index is -4.11. The van der Waals surface area contributed by atoms with Gasteiger partial charge in [0.1, 0.15) is 18.3 Å². The lowest BCUT2D eigenvalue weighted by atomic mass is 10.1. The highest BCUT2D eigenvalue weighted by Crippen LogP contribution is 2.28. The summed E-state index contributed by atoms with van der Waals surface area (Å²) in [6.45, 7) is 8.77. The van der Waals surface area contributed by atoms with Crippen LogP contribution in [-0.4, -0.2) is 50.4 Å². The van der Waals surface area contributed by atoms with Gasteiger partial charge in [0.2, 0.25) is 11.8 Å². The van der Waals surface area contributed by atoms with E-state index in [1.165, 1.54) is 17.0 Å². The van der Waals surface area contributed by atoms with E-state index in [-0.39, 0.29) is 17.3 Å². The molecule has 0 bridgehead atoms. The molecular formula is C31H39N3O5S. The number of amides is 2. The molecular weight excluding hydrogens is 526 g/mol. The van der Waals surface area contributed by atoms with Crippen LogP contribution >= 0.6 is 0 Å². The van der Waals surface area contributed by atoms with Gasteiger partial charge in [-0.15, -0.1) is 0 Å². The summed E-state index contributed by atoms with van der Waals surface area (Å²) in [5.74, 6) is -0.234. The topological polar surface area (TPSA) is 96.0 Å². The van der Waals surface area contributed by atoms with E-state index in [1.807, 2.05) is 45.9 Å². The van der Waals surface area contributed by atoms with Gasteiger partial charge in [-0.05, 0) is 75.6 Å². The van der Waals surface area contributed by atoms with Crippen molar-refractivity contribution < 1.29 is 22.7 Å². The van der Waals surface area contributed by atoms with Crippen LogP contribution in [0.15, 0.2) is 83.8 Å². The maximum atomic E-state index is 14.1. The zero-order chi connectivity index (χ0) is 29.5. The van der Waals surface area contributed by atoms with Crippen LogP contribution in [0.2, 0.25) is 0 Å². The van der Waals surface area contributed by atoms with Crippen molar-refractivity contribution in [2.24, 2.45) is 0 Å². The lowest BCUT2D eigenvalue weighted by Crippen LogP contribution is -2.54. The number of methoxy groups -OCH3 is 1. The molecule has 1 unspecified atom stereocenters. The molecule has 0 saturated heterocycles. The van der Waals surface area contributed by atoms with Gasteiger partial charge in [0.05, 0.1) is 17.7 Å². The Kier molecular flexibility index (Phi) is 9.98. The molecule has 2 amide bonds. The number of para-hydroxylation sites is 1. The second kappa shape index (κ2) is 13.0. The van der Waals surface area contributed by atoms with Crippen molar-refractivity contribution in [1.29, 1.82) is 0 Å². The fourth-order valence-electron chi connectivity index (χ4n) is 4.31. The van der Waals surface area contributed by atoms with E-state index in [4.69, 9.17) is 4.74 Å². The molecule has 0 spiro atoms. The first kappa shape index (κ1) is 30.7. The van der Waals surface area contributed by atoms with E-state index < -0.39 is 34.1 Å². The summed E-state index contributed by atoms with van der Waals surface area (Å²) < 4.78 is 34.4. The molecule has 214 valence electrons. The zero-order valence-corrected chi connectivity index (χ0v) is 24.9. The van der Waals surface area contributed by atoms with Crippen LogP contribution in [0.5, 0.6) is 5.75 Å². The smallest absolute Gasteiger partial charge is 0.264 e. The summed E-state index contributed by atoms with van der Waals surface area (Å²) in [6.07, 6.45) is 0.573. The predicted molar refractivity (Wildman–Crippen MR) is 158 cm³/mol. The number of nitrogens with one attached hydrogen (secondary N) is 1. The van der Waals surface area contributed by atoms with Crippen molar-refractivity contribution in [3.63, 3.8) is 0 Å². The normalized spacial score (nSPS) is 12.3. The summed E-state index contributed by atoms with van der Waals surface area (Å²) >= 11 is 0. The van der Waals surface area contributed by atoms with Gasteiger partial charge in [0, 0.05) is 12.1 Å². The number of aryl methyl sites for hydroxylation is 1. The fourth-order valence-corrected chi connectivity index (χ4v) is 5.78. The Bertz CT molecular complexity index is 1420. The maximum absolute atomic E-state index is 14.1. The number of nitrogens with zero attached hydrogens (tertiary/aromatic N) is 2. The molecule has 8 nitrogen and oxygen atoms in total. The molecule has 1 atom stereocenters. The molecule has 0 aromatic heterocycles. The van der Waals surface area contributed by atoms with Gasteiger partial charge >= 0.3 is 0 Å². The third-order valence-electron chi connectivity index (χ3n) is 6.40. The van der Waals surface area contributed by atoms with Crippen molar-refractivity contribution in [2.45, 2.75) is 64.1 Å². The zero-order valence-electron chi connectivity index (χ0n) is 24.0. The number of sulfonamides is 1. The number of anilines is 1. The summed E-state index contributed by atoms with van der Waals surface area (Å²) in [5, 5.41) is 2.93. The Balaban J connectivity index is 2.07. The van der Waals surface area contributed by atoms with Crippen LogP contribution in [0.1, 0.15) is 45.7 Å². The van der Waals surface area contributed by atoms with Crippen LogP contribution in [-0.2, 0) is 32.6 Å². The van der Waals surface area contributed by atoms with Crippen LogP contribution < -0.4 is 14.4 Å². The third kappa shape index (κ3) is 7.63. The maximum Gasteiger partial charge on any atom is 0.264 e. The third-order valence-corrected chi connectivity index (χ3v) is 8.18. The first-order valence-corrected chi connectivity index (χ1v) is 14.7. The van der Waals surface area contributed by atoms with Crippen LogP contribution in [0.3, 0.4) is 0 Å². The van der Waals surface area contributed by atoms with Crippen molar-refractivity contribution in [3.8, 4) is 5.75 Å². The van der Waals surface area contributed by atoms with Gasteiger partial charge in [-0.2, -0.15) is 0 Å². The molecule has 0 heterocycles. The van der Waals surface area contributed by atoms with Crippen molar-refractivity contribution in [3.05, 3.63) is 90.0 Å². The molecule has 3 rings (SSSR count). The molecule has 3 aromatic carbocycles. The lowest BCUT2D eigenvalue weighted by molar-refractivity contribution is -0.140. The van der Waals surface area contributed by atoms with Crippen LogP contribution in [0, 0.1) is 0 Å². The first-order valence-electron chi connectivity index (χ1n) is 13.3. The molecule has 3 aromatic rings. The van der Waals surface area contributed by atoms with Gasteiger partial charge in [-0.1, -0.05) is 55.5 Å². The molecule has 0 aliphatic rings. The summed E-state index contributed by atoms with van der Waals surface area (Å²) in [5.41, 5.74) is 1.44. The molecule has 9 heteroatoms. The number of ether oxygens (including phenoxy) is 1. The van der Waals surface area contributed by atoms with Crippen LogP contribution in [0.25, 0.3) is 0 Å². The van der Waals surface area contributed by atoms with E-state index in [0.29, 0.717) is 17.9 Å². The highest BCUT2D eigenvalue weighted by atomic mass is 32.2. The predicted octanol–water partition coefficient (Wildman–Crippen LogP) is 4.78. The van der Waals surface area contributed by atoms with Crippen molar-refractivity contribution in [1.82, 2.24) is 10.2 Å². The van der Waals surface area contributed by atoms with Gasteiger partial charge in [-0.25, -0.2) is 8.42 Å². The van der Waals surface area contributed by atoms with E-state index in [2.05, 4.69) is 5.32 Å². The highest BCUT2D eigenvalue weighted by Gasteiger charge is 2.34. The van der Waals surface area contributed by atoms with Gasteiger partial charge in [0.15, 0.2) is 0 Å². The SMILES string of the molecule is CCc1ccccc1N(CC(=O)N(Cc1cccc(OC)c1)C(C)C(=O)NC(C)(C)C)S(=O)(=O)c1ccccc1. The first-order chi connectivity index (χ1) is 18.9. The Morgan fingerprint density at radius 2 is 1.60 bits per heavy atom. The van der Waals surface area contributed by atoms with E-state index in [0.717, 1.165) is 15.4 Å². The molecule has 1 N–H and O–H groups in total.